The summed E-state index contributed by atoms with van der Waals surface area (Å²) in [6, 6.07) is 2.70. The number of rotatable bonds is 2. The number of aryl methyl sites for hydroxylation is 1. The van der Waals surface area contributed by atoms with E-state index in [0.717, 1.165) is 12.1 Å². The summed E-state index contributed by atoms with van der Waals surface area (Å²) in [6.07, 6.45) is -5.26. The summed E-state index contributed by atoms with van der Waals surface area (Å²) in [5.41, 5.74) is -1.93. The van der Waals surface area contributed by atoms with Gasteiger partial charge in [-0.2, -0.15) is 18.3 Å². The van der Waals surface area contributed by atoms with Gasteiger partial charge in [0, 0.05) is 12.6 Å². The molecule has 108 valence electrons. The maximum absolute atomic E-state index is 13.9. The van der Waals surface area contributed by atoms with Crippen LogP contribution in [0.2, 0.25) is 5.02 Å². The van der Waals surface area contributed by atoms with Crippen LogP contribution in [0.15, 0.2) is 24.4 Å². The van der Waals surface area contributed by atoms with Crippen LogP contribution in [0.3, 0.4) is 0 Å². The third-order valence-corrected chi connectivity index (χ3v) is 3.12. The van der Waals surface area contributed by atoms with E-state index in [1.165, 1.54) is 17.9 Å². The highest BCUT2D eigenvalue weighted by atomic mass is 35.5. The molecule has 1 aromatic carbocycles. The molecule has 0 saturated carbocycles. The number of alkyl halides is 3. The Balaban J connectivity index is 2.54. The summed E-state index contributed by atoms with van der Waals surface area (Å²) < 4.78 is 53.0. The fourth-order valence-electron chi connectivity index (χ4n) is 1.86. The average Bonchev–Trinajstić information content (AvgIpc) is 2.67. The lowest BCUT2D eigenvalue weighted by molar-refractivity contribution is -0.140. The molecular formula is C12H9ClF4N2O. The highest BCUT2D eigenvalue weighted by molar-refractivity contribution is 6.31. The predicted molar refractivity (Wildman–Crippen MR) is 63.7 cm³/mol. The van der Waals surface area contributed by atoms with Crippen LogP contribution in [-0.4, -0.2) is 14.9 Å². The highest BCUT2D eigenvalue weighted by Gasteiger charge is 2.36. The van der Waals surface area contributed by atoms with Gasteiger partial charge in [0.15, 0.2) is 0 Å². The quantitative estimate of drug-likeness (QED) is 0.864. The Morgan fingerprint density at radius 1 is 1.35 bits per heavy atom. The van der Waals surface area contributed by atoms with Crippen molar-refractivity contribution in [2.75, 3.05) is 0 Å². The molecule has 0 bridgehead atoms. The molecule has 0 amide bonds. The average molecular weight is 309 g/mol. The minimum absolute atomic E-state index is 0.0184. The standard InChI is InChI=1S/C12H9ClF4N2O/c1-19-10(8(13)5-18-19)11(20)6-3-2-4-7(9(6)14)12(15,16)17/h2-5,11,20H,1H3. The van der Waals surface area contributed by atoms with Crippen molar-refractivity contribution in [2.45, 2.75) is 12.3 Å². The summed E-state index contributed by atoms with van der Waals surface area (Å²) >= 11 is 5.78. The first kappa shape index (κ1) is 14.8. The summed E-state index contributed by atoms with van der Waals surface area (Å²) in [6.45, 7) is 0. The zero-order valence-electron chi connectivity index (χ0n) is 10.1. The topological polar surface area (TPSA) is 38.0 Å². The molecule has 1 N–H and O–H groups in total. The van der Waals surface area contributed by atoms with Gasteiger partial charge >= 0.3 is 6.18 Å². The van der Waals surface area contributed by atoms with Crippen LogP contribution in [0.25, 0.3) is 0 Å². The van der Waals surface area contributed by atoms with Crippen molar-refractivity contribution in [1.82, 2.24) is 9.78 Å². The highest BCUT2D eigenvalue weighted by Crippen LogP contribution is 2.36. The molecule has 1 heterocycles. The van der Waals surface area contributed by atoms with E-state index in [1.807, 2.05) is 0 Å². The molecule has 1 unspecified atom stereocenters. The van der Waals surface area contributed by atoms with Crippen LogP contribution in [0.1, 0.15) is 22.9 Å². The van der Waals surface area contributed by atoms with E-state index >= 15 is 0 Å². The maximum Gasteiger partial charge on any atom is 0.419 e. The molecule has 0 aliphatic heterocycles. The lowest BCUT2D eigenvalue weighted by atomic mass is 10.0. The Morgan fingerprint density at radius 2 is 2.00 bits per heavy atom. The minimum Gasteiger partial charge on any atom is -0.382 e. The van der Waals surface area contributed by atoms with Crippen molar-refractivity contribution in [2.24, 2.45) is 7.05 Å². The van der Waals surface area contributed by atoms with Crippen molar-refractivity contribution < 1.29 is 22.7 Å². The van der Waals surface area contributed by atoms with Gasteiger partial charge in [0.1, 0.15) is 11.9 Å². The normalized spacial score (nSPS) is 13.6. The molecule has 8 heteroatoms. The van der Waals surface area contributed by atoms with Gasteiger partial charge in [-0.15, -0.1) is 0 Å². The second-order valence-electron chi connectivity index (χ2n) is 4.11. The molecule has 20 heavy (non-hydrogen) atoms. The molecule has 1 aromatic heterocycles. The number of nitrogens with zero attached hydrogens (tertiary/aromatic N) is 2. The maximum atomic E-state index is 13.9. The molecule has 0 spiro atoms. The summed E-state index contributed by atoms with van der Waals surface area (Å²) in [5, 5.41) is 13.8. The van der Waals surface area contributed by atoms with E-state index in [-0.39, 0.29) is 10.7 Å². The Bertz CT molecular complexity index is 619. The Labute approximate surface area is 116 Å². The summed E-state index contributed by atoms with van der Waals surface area (Å²) in [5.74, 6) is -1.52. The first-order chi connectivity index (χ1) is 9.23. The zero-order valence-corrected chi connectivity index (χ0v) is 10.9. The minimum atomic E-state index is -4.84. The van der Waals surface area contributed by atoms with Gasteiger partial charge in [-0.25, -0.2) is 4.39 Å². The number of hydrogen-bond acceptors (Lipinski definition) is 2. The van der Waals surface area contributed by atoms with Crippen LogP contribution >= 0.6 is 11.6 Å². The first-order valence-electron chi connectivity index (χ1n) is 5.44. The second-order valence-corrected chi connectivity index (χ2v) is 4.52. The van der Waals surface area contributed by atoms with Gasteiger partial charge in [0.2, 0.25) is 0 Å². The van der Waals surface area contributed by atoms with E-state index < -0.39 is 29.2 Å². The zero-order chi connectivity index (χ0) is 15.1. The first-order valence-corrected chi connectivity index (χ1v) is 5.82. The van der Waals surface area contributed by atoms with Crippen LogP contribution in [-0.2, 0) is 13.2 Å². The third-order valence-electron chi connectivity index (χ3n) is 2.83. The number of aliphatic hydroxyl groups excluding tert-OH is 1. The van der Waals surface area contributed by atoms with Gasteiger partial charge in [0.25, 0.3) is 0 Å². The van der Waals surface area contributed by atoms with Gasteiger partial charge in [-0.3, -0.25) is 4.68 Å². The van der Waals surface area contributed by atoms with E-state index in [9.17, 15) is 22.7 Å². The number of benzene rings is 1. The smallest absolute Gasteiger partial charge is 0.382 e. The Morgan fingerprint density at radius 3 is 2.50 bits per heavy atom. The molecular weight excluding hydrogens is 300 g/mol. The van der Waals surface area contributed by atoms with Gasteiger partial charge in [-0.05, 0) is 6.07 Å². The van der Waals surface area contributed by atoms with Crippen molar-refractivity contribution in [3.8, 4) is 0 Å². The van der Waals surface area contributed by atoms with E-state index in [0.29, 0.717) is 6.07 Å². The fourth-order valence-corrected chi connectivity index (χ4v) is 2.12. The number of aliphatic hydroxyl groups is 1. The van der Waals surface area contributed by atoms with Gasteiger partial charge in [-0.1, -0.05) is 23.7 Å². The summed E-state index contributed by atoms with van der Waals surface area (Å²) in [7, 11) is 1.44. The Kier molecular flexibility index (Phi) is 3.75. The second kappa shape index (κ2) is 5.06. The molecule has 0 saturated heterocycles. The van der Waals surface area contributed by atoms with Crippen molar-refractivity contribution >= 4 is 11.6 Å². The van der Waals surface area contributed by atoms with E-state index in [4.69, 9.17) is 11.6 Å². The molecule has 2 rings (SSSR count). The van der Waals surface area contributed by atoms with Crippen LogP contribution < -0.4 is 0 Å². The largest absolute Gasteiger partial charge is 0.419 e. The number of halogens is 5. The van der Waals surface area contributed by atoms with E-state index in [1.54, 1.807) is 0 Å². The van der Waals surface area contributed by atoms with Crippen LogP contribution in [0, 0.1) is 5.82 Å². The third kappa shape index (κ3) is 2.51. The molecule has 0 radical (unpaired) electrons. The lowest BCUT2D eigenvalue weighted by Crippen LogP contribution is -2.14. The van der Waals surface area contributed by atoms with Crippen LogP contribution in [0.5, 0.6) is 0 Å². The van der Waals surface area contributed by atoms with Crippen LogP contribution in [0.4, 0.5) is 17.6 Å². The molecule has 0 fully saturated rings. The lowest BCUT2D eigenvalue weighted by Gasteiger charge is -2.16. The van der Waals surface area contributed by atoms with E-state index in [2.05, 4.69) is 5.10 Å². The molecule has 1 atom stereocenters. The molecule has 2 aromatic rings. The number of hydrogen-bond donors (Lipinski definition) is 1. The SMILES string of the molecule is Cn1ncc(Cl)c1C(O)c1cccc(C(F)(F)F)c1F. The molecule has 0 aliphatic rings. The van der Waals surface area contributed by atoms with Gasteiger partial charge in [0.05, 0.1) is 22.5 Å². The number of aromatic nitrogens is 2. The monoisotopic (exact) mass is 308 g/mol. The molecule has 3 nitrogen and oxygen atoms in total. The predicted octanol–water partition coefficient (Wildman–Crippen LogP) is 3.31. The molecule has 0 aliphatic carbocycles. The van der Waals surface area contributed by atoms with Gasteiger partial charge < -0.3 is 5.11 Å². The summed E-state index contributed by atoms with van der Waals surface area (Å²) in [4.78, 5) is 0. The van der Waals surface area contributed by atoms with Crippen molar-refractivity contribution in [3.63, 3.8) is 0 Å². The van der Waals surface area contributed by atoms with Crippen molar-refractivity contribution in [1.29, 1.82) is 0 Å². The van der Waals surface area contributed by atoms with Crippen molar-refractivity contribution in [3.05, 3.63) is 52.1 Å². The Hall–Kier alpha value is -1.60. The fraction of sp³-hybridized carbons (Fsp3) is 0.250.